The van der Waals surface area contributed by atoms with E-state index in [0.717, 1.165) is 0 Å². The summed E-state index contributed by atoms with van der Waals surface area (Å²) in [6, 6.07) is 0. The lowest BCUT2D eigenvalue weighted by molar-refractivity contribution is -0.366. The molecule has 1 atom stereocenters. The normalized spacial score (nSPS) is 18.1. The van der Waals surface area contributed by atoms with Crippen molar-refractivity contribution in [3.05, 3.63) is 0 Å². The Kier molecular flexibility index (Phi) is 2.98. The predicted molar refractivity (Wildman–Crippen MR) is 29.7 cm³/mol. The highest BCUT2D eigenvalue weighted by Crippen LogP contribution is 2.52. The summed E-state index contributed by atoms with van der Waals surface area (Å²) in [7, 11) is 0. The molecule has 0 aromatic carbocycles. The Balaban J connectivity index is 5.64. The number of terminal acetylenes is 1. The van der Waals surface area contributed by atoms with Gasteiger partial charge in [-0.15, -0.1) is 6.42 Å². The summed E-state index contributed by atoms with van der Waals surface area (Å²) in [5.41, 5.74) is -6.07. The molecule has 0 aromatic rings. The molecule has 0 rings (SSSR count). The molecule has 88 valence electrons. The van der Waals surface area contributed by atoms with Crippen molar-refractivity contribution in [2.45, 2.75) is 23.9 Å². The van der Waals surface area contributed by atoms with Crippen LogP contribution in [0, 0.1) is 12.3 Å². The highest BCUT2D eigenvalue weighted by atomic mass is 19.4. The van der Waals surface area contributed by atoms with Gasteiger partial charge in [0.05, 0.1) is 0 Å². The molecule has 0 fully saturated rings. The minimum atomic E-state index is -6.73. The predicted octanol–water partition coefficient (Wildman–Crippen LogP) is 3.09. The molecule has 0 N–H and O–H groups in total. The van der Waals surface area contributed by atoms with Crippen molar-refractivity contribution >= 4 is 0 Å². The lowest BCUT2D eigenvalue weighted by Gasteiger charge is -2.31. The minimum Gasteiger partial charge on any atom is -0.212 e. The Morgan fingerprint density at radius 3 is 1.07 bits per heavy atom. The summed E-state index contributed by atoms with van der Waals surface area (Å²) in [6.45, 7) is 0. The average Bonchev–Trinajstić information content (AvgIpc) is 1.98. The number of hydrogen-bond donors (Lipinski definition) is 0. The third-order valence-corrected chi connectivity index (χ3v) is 1.38. The first-order chi connectivity index (χ1) is 6.31. The summed E-state index contributed by atoms with van der Waals surface area (Å²) in [6.07, 6.45) is -9.51. The van der Waals surface area contributed by atoms with Crippen LogP contribution in [0.25, 0.3) is 0 Å². The van der Waals surface area contributed by atoms with E-state index in [2.05, 4.69) is 6.42 Å². The second kappa shape index (κ2) is 3.21. The smallest absolute Gasteiger partial charge is 0.212 e. The maximum absolute atomic E-state index is 12.5. The number of alkyl halides is 9. The average molecular weight is 244 g/mol. The molecule has 15 heavy (non-hydrogen) atoms. The van der Waals surface area contributed by atoms with Crippen LogP contribution in [0.1, 0.15) is 0 Å². The van der Waals surface area contributed by atoms with Gasteiger partial charge in [0, 0.05) is 0 Å². The van der Waals surface area contributed by atoms with Crippen molar-refractivity contribution in [1.29, 1.82) is 0 Å². The highest BCUT2D eigenvalue weighted by molar-refractivity contribution is 5.21. The van der Waals surface area contributed by atoms with Crippen molar-refractivity contribution in [3.63, 3.8) is 0 Å². The summed E-state index contributed by atoms with van der Waals surface area (Å²) in [5.74, 6) is -6.90. The molecule has 0 bridgehead atoms. The second-order valence-corrected chi connectivity index (χ2v) is 2.37. The fourth-order valence-corrected chi connectivity index (χ4v) is 0.546. The van der Waals surface area contributed by atoms with Gasteiger partial charge in [0.15, 0.2) is 0 Å². The van der Waals surface area contributed by atoms with Crippen molar-refractivity contribution in [2.75, 3.05) is 0 Å². The van der Waals surface area contributed by atoms with Crippen molar-refractivity contribution in [3.8, 4) is 12.3 Å². The van der Waals surface area contributed by atoms with Crippen LogP contribution in [0.15, 0.2) is 0 Å². The van der Waals surface area contributed by atoms with E-state index in [0.29, 0.717) is 0 Å². The van der Waals surface area contributed by atoms with Crippen LogP contribution in [0.3, 0.4) is 0 Å². The molecular weight excluding hydrogens is 243 g/mol. The van der Waals surface area contributed by atoms with Gasteiger partial charge >= 0.3 is 23.9 Å². The van der Waals surface area contributed by atoms with Gasteiger partial charge in [-0.2, -0.15) is 35.1 Å². The Hall–Kier alpha value is -1.07. The molecule has 9 heteroatoms. The van der Waals surface area contributed by atoms with Crippen LogP contribution in [0.2, 0.25) is 0 Å². The summed E-state index contributed by atoms with van der Waals surface area (Å²) >= 11 is 0. The number of rotatable bonds is 1. The lowest BCUT2D eigenvalue weighted by atomic mass is 9.97. The van der Waals surface area contributed by atoms with Gasteiger partial charge in [-0.1, -0.05) is 0 Å². The highest BCUT2D eigenvalue weighted by Gasteiger charge is 2.80. The zero-order valence-corrected chi connectivity index (χ0v) is 6.48. The van der Waals surface area contributed by atoms with Gasteiger partial charge in [-0.25, -0.2) is 4.39 Å². The molecule has 0 aliphatic carbocycles. The summed E-state index contributed by atoms with van der Waals surface area (Å²) in [4.78, 5) is 0. The molecule has 0 saturated heterocycles. The first kappa shape index (κ1) is 13.9. The van der Waals surface area contributed by atoms with Crippen molar-refractivity contribution in [2.24, 2.45) is 0 Å². The number of hydrogen-bond acceptors (Lipinski definition) is 0. The molecule has 0 radical (unpaired) electrons. The molecule has 0 unspecified atom stereocenters. The SMILES string of the molecule is C#C[C@](F)(C(F)(F)F)C(F)(F)C(F)(F)F. The van der Waals surface area contributed by atoms with Crippen LogP contribution in [-0.4, -0.2) is 23.9 Å². The van der Waals surface area contributed by atoms with E-state index >= 15 is 0 Å². The molecule has 0 nitrogen and oxygen atoms in total. The minimum absolute atomic E-state index is 0.196. The lowest BCUT2D eigenvalue weighted by Crippen LogP contribution is -2.61. The molecule has 0 aromatic heterocycles. The largest absolute Gasteiger partial charge is 0.458 e. The van der Waals surface area contributed by atoms with Gasteiger partial charge in [-0.3, -0.25) is 0 Å². The third-order valence-electron chi connectivity index (χ3n) is 1.38. The number of halogens is 9. The van der Waals surface area contributed by atoms with Crippen LogP contribution in [0.4, 0.5) is 39.5 Å². The molecule has 0 aliphatic heterocycles. The Morgan fingerprint density at radius 2 is 1.00 bits per heavy atom. The maximum atomic E-state index is 12.5. The van der Waals surface area contributed by atoms with Gasteiger partial charge in [0.1, 0.15) is 0 Å². The van der Waals surface area contributed by atoms with Crippen molar-refractivity contribution in [1.82, 2.24) is 0 Å². The van der Waals surface area contributed by atoms with Gasteiger partial charge in [0.2, 0.25) is 0 Å². The maximum Gasteiger partial charge on any atom is 0.458 e. The first-order valence-electron chi connectivity index (χ1n) is 2.99. The molecule has 0 saturated carbocycles. The molecule has 0 aliphatic rings. The van der Waals surface area contributed by atoms with E-state index in [9.17, 15) is 39.5 Å². The van der Waals surface area contributed by atoms with E-state index in [-0.39, 0.29) is 5.92 Å². The third kappa shape index (κ3) is 1.85. The van der Waals surface area contributed by atoms with Gasteiger partial charge < -0.3 is 0 Å². The van der Waals surface area contributed by atoms with Crippen LogP contribution in [-0.2, 0) is 0 Å². The van der Waals surface area contributed by atoms with E-state index in [1.54, 1.807) is 0 Å². The van der Waals surface area contributed by atoms with E-state index in [1.807, 2.05) is 0 Å². The molecular formula is C6HF9. The second-order valence-electron chi connectivity index (χ2n) is 2.37. The van der Waals surface area contributed by atoms with Crippen LogP contribution in [0.5, 0.6) is 0 Å². The summed E-state index contributed by atoms with van der Waals surface area (Å²) < 4.78 is 106. The van der Waals surface area contributed by atoms with Gasteiger partial charge in [0.25, 0.3) is 0 Å². The Morgan fingerprint density at radius 1 is 0.667 bits per heavy atom. The fourth-order valence-electron chi connectivity index (χ4n) is 0.546. The topological polar surface area (TPSA) is 0 Å². The van der Waals surface area contributed by atoms with Crippen molar-refractivity contribution < 1.29 is 39.5 Å². The molecule has 0 spiro atoms. The van der Waals surface area contributed by atoms with Crippen LogP contribution < -0.4 is 0 Å². The fraction of sp³-hybridized carbons (Fsp3) is 0.667. The quantitative estimate of drug-likeness (QED) is 0.491. The molecule has 0 amide bonds. The Labute approximate surface area is 77.1 Å². The Bertz CT molecular complexity index is 276. The molecule has 0 heterocycles. The van der Waals surface area contributed by atoms with E-state index < -0.39 is 23.9 Å². The van der Waals surface area contributed by atoms with E-state index in [4.69, 9.17) is 0 Å². The van der Waals surface area contributed by atoms with Gasteiger partial charge in [-0.05, 0) is 5.92 Å². The van der Waals surface area contributed by atoms with E-state index in [1.165, 1.54) is 0 Å². The van der Waals surface area contributed by atoms with Crippen LogP contribution >= 0.6 is 0 Å². The standard InChI is InChI=1S/C6HF9/c1-2-3(7,5(10,11)12)4(8,9)6(13,14)15/h1H/t3-/m1/s1. The summed E-state index contributed by atoms with van der Waals surface area (Å²) in [5, 5.41) is 0. The first-order valence-corrected chi connectivity index (χ1v) is 2.99. The monoisotopic (exact) mass is 244 g/mol. The zero-order chi connectivity index (χ0) is 12.7. The zero-order valence-electron chi connectivity index (χ0n) is 6.48.